The first-order chi connectivity index (χ1) is 11.2. The number of aromatic amines is 1. The van der Waals surface area contributed by atoms with Gasteiger partial charge in [0.2, 0.25) is 0 Å². The standard InChI is InChI=1S/C19H19NO3/c1-3-22-19(21)17-10-15-11-18(13(2)9-16(15)20-17)23-12-14-7-5-4-6-8-14/h4-11,20H,3,12H2,1-2H3. The lowest BCUT2D eigenvalue weighted by Crippen LogP contribution is -2.04. The van der Waals surface area contributed by atoms with E-state index in [1.807, 2.05) is 49.4 Å². The highest BCUT2D eigenvalue weighted by molar-refractivity contribution is 5.95. The summed E-state index contributed by atoms with van der Waals surface area (Å²) in [7, 11) is 0. The molecule has 4 heteroatoms. The minimum Gasteiger partial charge on any atom is -0.489 e. The summed E-state index contributed by atoms with van der Waals surface area (Å²) in [5.41, 5.74) is 3.50. The number of nitrogens with one attached hydrogen (secondary N) is 1. The fourth-order valence-corrected chi connectivity index (χ4v) is 2.48. The Labute approximate surface area is 135 Å². The molecule has 1 heterocycles. The van der Waals surface area contributed by atoms with Crippen molar-refractivity contribution in [3.05, 3.63) is 65.4 Å². The Morgan fingerprint density at radius 2 is 1.91 bits per heavy atom. The maximum atomic E-state index is 11.8. The summed E-state index contributed by atoms with van der Waals surface area (Å²) < 4.78 is 10.9. The number of hydrogen-bond acceptors (Lipinski definition) is 3. The van der Waals surface area contributed by atoms with Gasteiger partial charge in [-0.05, 0) is 43.2 Å². The topological polar surface area (TPSA) is 51.3 Å². The van der Waals surface area contributed by atoms with Gasteiger partial charge in [0.05, 0.1) is 6.61 Å². The summed E-state index contributed by atoms with van der Waals surface area (Å²) >= 11 is 0. The molecule has 0 saturated heterocycles. The number of ether oxygens (including phenoxy) is 2. The molecule has 3 rings (SSSR count). The molecule has 118 valence electrons. The number of carbonyl (C=O) groups is 1. The van der Waals surface area contributed by atoms with Crippen LogP contribution in [0.15, 0.2) is 48.5 Å². The fourth-order valence-electron chi connectivity index (χ4n) is 2.48. The van der Waals surface area contributed by atoms with Crippen molar-refractivity contribution in [1.29, 1.82) is 0 Å². The lowest BCUT2D eigenvalue weighted by molar-refractivity contribution is 0.0520. The number of rotatable bonds is 5. The second-order valence-corrected chi connectivity index (χ2v) is 5.38. The second kappa shape index (κ2) is 6.57. The number of fused-ring (bicyclic) bond motifs is 1. The van der Waals surface area contributed by atoms with Gasteiger partial charge in [0.25, 0.3) is 0 Å². The molecule has 0 bridgehead atoms. The van der Waals surface area contributed by atoms with Crippen molar-refractivity contribution in [1.82, 2.24) is 4.98 Å². The van der Waals surface area contributed by atoms with E-state index in [-0.39, 0.29) is 5.97 Å². The first-order valence-corrected chi connectivity index (χ1v) is 7.64. The van der Waals surface area contributed by atoms with Crippen LogP contribution in [0.25, 0.3) is 10.9 Å². The average Bonchev–Trinajstić information content (AvgIpc) is 2.96. The predicted molar refractivity (Wildman–Crippen MR) is 89.8 cm³/mol. The minimum absolute atomic E-state index is 0.340. The van der Waals surface area contributed by atoms with Crippen LogP contribution in [-0.2, 0) is 11.3 Å². The Morgan fingerprint density at radius 3 is 2.65 bits per heavy atom. The molecule has 2 aromatic carbocycles. The van der Waals surface area contributed by atoms with Gasteiger partial charge < -0.3 is 14.5 Å². The molecule has 0 aliphatic heterocycles. The third-order valence-corrected chi connectivity index (χ3v) is 3.65. The van der Waals surface area contributed by atoms with Gasteiger partial charge in [-0.15, -0.1) is 0 Å². The van der Waals surface area contributed by atoms with Crippen LogP contribution >= 0.6 is 0 Å². The van der Waals surface area contributed by atoms with Gasteiger partial charge in [-0.25, -0.2) is 4.79 Å². The predicted octanol–water partition coefficient (Wildman–Crippen LogP) is 4.23. The molecule has 0 aliphatic carbocycles. The summed E-state index contributed by atoms with van der Waals surface area (Å²) in [5.74, 6) is 0.476. The van der Waals surface area contributed by atoms with Crippen molar-refractivity contribution >= 4 is 16.9 Å². The van der Waals surface area contributed by atoms with E-state index in [4.69, 9.17) is 9.47 Å². The lowest BCUT2D eigenvalue weighted by atomic mass is 10.1. The van der Waals surface area contributed by atoms with Gasteiger partial charge in [-0.1, -0.05) is 30.3 Å². The van der Waals surface area contributed by atoms with Crippen molar-refractivity contribution in [2.75, 3.05) is 6.61 Å². The zero-order chi connectivity index (χ0) is 16.2. The van der Waals surface area contributed by atoms with Crippen LogP contribution in [0.1, 0.15) is 28.5 Å². The molecule has 0 unspecified atom stereocenters. The molecule has 0 saturated carbocycles. The van der Waals surface area contributed by atoms with Gasteiger partial charge in [0.1, 0.15) is 18.1 Å². The highest BCUT2D eigenvalue weighted by Crippen LogP contribution is 2.27. The minimum atomic E-state index is -0.340. The van der Waals surface area contributed by atoms with E-state index in [1.54, 1.807) is 13.0 Å². The van der Waals surface area contributed by atoms with Gasteiger partial charge in [-0.2, -0.15) is 0 Å². The van der Waals surface area contributed by atoms with Crippen molar-refractivity contribution in [2.24, 2.45) is 0 Å². The summed E-state index contributed by atoms with van der Waals surface area (Å²) in [5, 5.41) is 0.932. The SMILES string of the molecule is CCOC(=O)c1cc2cc(OCc3ccccc3)c(C)cc2[nH]1. The molecule has 0 radical (unpaired) electrons. The molecule has 4 nitrogen and oxygen atoms in total. The Hall–Kier alpha value is -2.75. The van der Waals surface area contributed by atoms with Crippen LogP contribution in [-0.4, -0.2) is 17.6 Å². The van der Waals surface area contributed by atoms with Gasteiger partial charge in [0.15, 0.2) is 0 Å². The van der Waals surface area contributed by atoms with E-state index in [0.29, 0.717) is 18.9 Å². The van der Waals surface area contributed by atoms with E-state index in [0.717, 1.165) is 27.8 Å². The monoisotopic (exact) mass is 309 g/mol. The molecule has 23 heavy (non-hydrogen) atoms. The molecular formula is C19H19NO3. The van der Waals surface area contributed by atoms with Crippen LogP contribution in [0.5, 0.6) is 5.75 Å². The van der Waals surface area contributed by atoms with Crippen molar-refractivity contribution in [3.63, 3.8) is 0 Å². The molecule has 0 amide bonds. The summed E-state index contributed by atoms with van der Waals surface area (Å²) in [6.07, 6.45) is 0. The smallest absolute Gasteiger partial charge is 0.354 e. The Morgan fingerprint density at radius 1 is 1.13 bits per heavy atom. The highest BCUT2D eigenvalue weighted by Gasteiger charge is 2.12. The number of esters is 1. The highest BCUT2D eigenvalue weighted by atomic mass is 16.5. The number of aromatic nitrogens is 1. The van der Waals surface area contributed by atoms with Crippen LogP contribution in [0.3, 0.4) is 0 Å². The molecule has 0 aliphatic rings. The molecule has 1 N–H and O–H groups in total. The normalized spacial score (nSPS) is 10.7. The Kier molecular flexibility index (Phi) is 4.33. The van der Waals surface area contributed by atoms with E-state index in [2.05, 4.69) is 4.98 Å². The first-order valence-electron chi connectivity index (χ1n) is 7.64. The van der Waals surface area contributed by atoms with Crippen molar-refractivity contribution < 1.29 is 14.3 Å². The Balaban J connectivity index is 1.84. The average molecular weight is 309 g/mol. The first kappa shape index (κ1) is 15.2. The molecule has 0 spiro atoms. The number of carbonyl (C=O) groups excluding carboxylic acids is 1. The van der Waals surface area contributed by atoms with E-state index in [9.17, 15) is 4.79 Å². The molecular weight excluding hydrogens is 290 g/mol. The van der Waals surface area contributed by atoms with Crippen molar-refractivity contribution in [3.8, 4) is 5.75 Å². The zero-order valence-corrected chi connectivity index (χ0v) is 13.3. The van der Waals surface area contributed by atoms with E-state index in [1.165, 1.54) is 0 Å². The number of hydrogen-bond donors (Lipinski definition) is 1. The van der Waals surface area contributed by atoms with Crippen LogP contribution in [0.2, 0.25) is 0 Å². The molecule has 0 fully saturated rings. The number of H-pyrrole nitrogens is 1. The van der Waals surface area contributed by atoms with Crippen LogP contribution < -0.4 is 4.74 Å². The third-order valence-electron chi connectivity index (χ3n) is 3.65. The lowest BCUT2D eigenvalue weighted by Gasteiger charge is -2.09. The summed E-state index contributed by atoms with van der Waals surface area (Å²) in [4.78, 5) is 14.9. The van der Waals surface area contributed by atoms with Gasteiger partial charge in [0, 0.05) is 10.9 Å². The number of benzene rings is 2. The maximum absolute atomic E-state index is 11.8. The van der Waals surface area contributed by atoms with Crippen LogP contribution in [0.4, 0.5) is 0 Å². The summed E-state index contributed by atoms with van der Waals surface area (Å²) in [6, 6.07) is 15.8. The quantitative estimate of drug-likeness (QED) is 0.717. The van der Waals surface area contributed by atoms with Gasteiger partial charge in [-0.3, -0.25) is 0 Å². The van der Waals surface area contributed by atoms with E-state index < -0.39 is 0 Å². The zero-order valence-electron chi connectivity index (χ0n) is 13.3. The molecule has 0 atom stereocenters. The third kappa shape index (κ3) is 3.37. The van der Waals surface area contributed by atoms with Gasteiger partial charge >= 0.3 is 5.97 Å². The molecule has 1 aromatic heterocycles. The van der Waals surface area contributed by atoms with E-state index >= 15 is 0 Å². The summed E-state index contributed by atoms with van der Waals surface area (Å²) in [6.45, 7) is 4.66. The number of aryl methyl sites for hydroxylation is 1. The van der Waals surface area contributed by atoms with Crippen molar-refractivity contribution in [2.45, 2.75) is 20.5 Å². The fraction of sp³-hybridized carbons (Fsp3) is 0.211. The maximum Gasteiger partial charge on any atom is 0.354 e. The largest absolute Gasteiger partial charge is 0.489 e. The van der Waals surface area contributed by atoms with Crippen LogP contribution in [0, 0.1) is 6.92 Å². The second-order valence-electron chi connectivity index (χ2n) is 5.38. The molecule has 3 aromatic rings. The Bertz CT molecular complexity index is 821.